The number of rotatable bonds is 21. The third-order valence-corrected chi connectivity index (χ3v) is 7.33. The molecule has 0 aliphatic carbocycles. The lowest BCUT2D eigenvalue weighted by Crippen LogP contribution is -2.52. The predicted molar refractivity (Wildman–Crippen MR) is 171 cm³/mol. The van der Waals surface area contributed by atoms with Gasteiger partial charge in [-0.3, -0.25) is 9.59 Å². The van der Waals surface area contributed by atoms with Gasteiger partial charge in [0.25, 0.3) is 5.91 Å². The second kappa shape index (κ2) is 22.9. The first-order chi connectivity index (χ1) is 22.5. The van der Waals surface area contributed by atoms with E-state index in [-0.39, 0.29) is 25.5 Å². The van der Waals surface area contributed by atoms with E-state index in [1.54, 1.807) is 12.0 Å². The van der Waals surface area contributed by atoms with Crippen molar-refractivity contribution in [1.82, 2.24) is 15.3 Å². The largest absolute Gasteiger partial charge is 0.434 e. The van der Waals surface area contributed by atoms with Crippen LogP contribution in [-0.2, 0) is 57.4 Å². The minimum Gasteiger partial charge on any atom is -0.382 e. The maximum absolute atomic E-state index is 12.4. The molecule has 46 heavy (non-hydrogen) atoms. The van der Waals surface area contributed by atoms with Crippen LogP contribution in [0.1, 0.15) is 29.5 Å². The van der Waals surface area contributed by atoms with Gasteiger partial charge in [-0.1, -0.05) is 54.6 Å². The van der Waals surface area contributed by atoms with E-state index in [9.17, 15) is 14.4 Å². The zero-order valence-corrected chi connectivity index (χ0v) is 27.0. The number of aryl methyl sites for hydroxylation is 2. The number of nitrogens with zero attached hydrogens (tertiary/aromatic N) is 2. The standard InChI is InChI=1S/C34H49N3O9/c1-41-19-20-42-21-22-43-23-24-44-25-26-45-28-33(39)36-15-17-37(18-16-36)34(40)46-35-32(38)27-31-13-11-30(12-14-31)10-6-5-9-29-7-3-2-4-8-29/h2-4,7-8,11-14H,5-6,9-10,15-28H2,1H3,(H,35,38). The molecule has 1 N–H and O–H groups in total. The molecule has 2 aromatic rings. The fourth-order valence-corrected chi connectivity index (χ4v) is 4.70. The number of nitrogens with one attached hydrogen (secondary N) is 1. The number of piperazine rings is 1. The predicted octanol–water partition coefficient (Wildman–Crippen LogP) is 2.82. The first-order valence-electron chi connectivity index (χ1n) is 16.0. The molecule has 0 radical (unpaired) electrons. The first-order valence-corrected chi connectivity index (χ1v) is 16.0. The summed E-state index contributed by atoms with van der Waals surface area (Å²) in [6.45, 7) is 4.87. The van der Waals surface area contributed by atoms with Crippen LogP contribution < -0.4 is 5.48 Å². The normalized spacial score (nSPS) is 13.1. The lowest BCUT2D eigenvalue weighted by Gasteiger charge is -2.33. The van der Waals surface area contributed by atoms with Gasteiger partial charge < -0.3 is 38.3 Å². The topological polar surface area (TPSA) is 125 Å². The van der Waals surface area contributed by atoms with Crippen LogP contribution in [0.15, 0.2) is 54.6 Å². The van der Waals surface area contributed by atoms with Crippen LogP contribution in [0.4, 0.5) is 4.79 Å². The average molecular weight is 644 g/mol. The van der Waals surface area contributed by atoms with Gasteiger partial charge in [0, 0.05) is 33.3 Å². The van der Waals surface area contributed by atoms with E-state index in [4.69, 9.17) is 28.5 Å². The van der Waals surface area contributed by atoms with E-state index >= 15 is 0 Å². The van der Waals surface area contributed by atoms with Crippen molar-refractivity contribution in [3.05, 3.63) is 71.3 Å². The Labute approximate surface area is 272 Å². The van der Waals surface area contributed by atoms with Crippen LogP contribution in [0, 0.1) is 0 Å². The van der Waals surface area contributed by atoms with E-state index in [0.717, 1.165) is 31.2 Å². The summed E-state index contributed by atoms with van der Waals surface area (Å²) in [5.74, 6) is -0.564. The molecule has 0 unspecified atom stereocenters. The number of carbonyl (C=O) groups is 3. The molecule has 1 heterocycles. The number of amides is 3. The Hall–Kier alpha value is -3.55. The summed E-state index contributed by atoms with van der Waals surface area (Å²) < 4.78 is 26.4. The highest BCUT2D eigenvalue weighted by Crippen LogP contribution is 2.11. The number of ether oxygens (including phenoxy) is 5. The van der Waals surface area contributed by atoms with Crippen molar-refractivity contribution in [3.63, 3.8) is 0 Å². The third-order valence-electron chi connectivity index (χ3n) is 7.33. The Morgan fingerprint density at radius 2 is 1.13 bits per heavy atom. The number of benzene rings is 2. The SMILES string of the molecule is COCCOCCOCCOCCOCC(=O)N1CCN(C(=O)ONC(=O)Cc2ccc(CCCCc3ccccc3)cc2)CC1. The Morgan fingerprint density at radius 1 is 0.630 bits per heavy atom. The quantitative estimate of drug-likeness (QED) is 0.162. The molecule has 0 saturated carbocycles. The van der Waals surface area contributed by atoms with Gasteiger partial charge in [0.2, 0.25) is 5.91 Å². The highest BCUT2D eigenvalue weighted by molar-refractivity contribution is 5.80. The van der Waals surface area contributed by atoms with E-state index < -0.39 is 12.0 Å². The minimum absolute atomic E-state index is 0.0611. The number of methoxy groups -OCH3 is 1. The van der Waals surface area contributed by atoms with Gasteiger partial charge in [-0.25, -0.2) is 4.79 Å². The summed E-state index contributed by atoms with van der Waals surface area (Å²) in [6, 6.07) is 18.4. The molecule has 0 aromatic heterocycles. The zero-order chi connectivity index (χ0) is 32.7. The molecule has 0 bridgehead atoms. The lowest BCUT2D eigenvalue weighted by molar-refractivity contribution is -0.138. The van der Waals surface area contributed by atoms with Crippen molar-refractivity contribution in [3.8, 4) is 0 Å². The van der Waals surface area contributed by atoms with Crippen LogP contribution in [0.5, 0.6) is 0 Å². The van der Waals surface area contributed by atoms with Crippen LogP contribution >= 0.6 is 0 Å². The minimum atomic E-state index is -0.651. The molecule has 0 spiro atoms. The van der Waals surface area contributed by atoms with Crippen LogP contribution in [0.2, 0.25) is 0 Å². The van der Waals surface area contributed by atoms with Gasteiger partial charge in [-0.15, -0.1) is 0 Å². The summed E-state index contributed by atoms with van der Waals surface area (Å²) in [5, 5.41) is 0. The number of hydrogen-bond acceptors (Lipinski definition) is 9. The number of carbonyl (C=O) groups excluding carboxylic acids is 3. The Balaban J connectivity index is 1.17. The molecule has 12 heteroatoms. The van der Waals surface area contributed by atoms with Crippen molar-refractivity contribution >= 4 is 17.9 Å². The molecule has 2 aromatic carbocycles. The Bertz CT molecular complexity index is 1130. The molecule has 254 valence electrons. The van der Waals surface area contributed by atoms with E-state index in [1.165, 1.54) is 16.0 Å². The van der Waals surface area contributed by atoms with Gasteiger partial charge in [0.05, 0.1) is 59.3 Å². The fourth-order valence-electron chi connectivity index (χ4n) is 4.70. The maximum atomic E-state index is 12.4. The van der Waals surface area contributed by atoms with Crippen LogP contribution in [0.25, 0.3) is 0 Å². The monoisotopic (exact) mass is 643 g/mol. The smallest absolute Gasteiger partial charge is 0.382 e. The highest BCUT2D eigenvalue weighted by Gasteiger charge is 2.25. The Kier molecular flexibility index (Phi) is 18.4. The first kappa shape index (κ1) is 36.9. The molecule has 1 saturated heterocycles. The third kappa shape index (κ3) is 15.6. The summed E-state index contributed by atoms with van der Waals surface area (Å²) >= 11 is 0. The van der Waals surface area contributed by atoms with Gasteiger partial charge in [0.1, 0.15) is 6.61 Å². The van der Waals surface area contributed by atoms with Crippen molar-refractivity contribution < 1.29 is 42.9 Å². The summed E-state index contributed by atoms with van der Waals surface area (Å²) in [4.78, 5) is 45.3. The molecular formula is C34H49N3O9. The van der Waals surface area contributed by atoms with E-state index in [2.05, 4.69) is 29.7 Å². The molecule has 12 nitrogen and oxygen atoms in total. The fraction of sp³-hybridized carbons (Fsp3) is 0.559. The summed E-state index contributed by atoms with van der Waals surface area (Å²) in [5.41, 5.74) is 5.67. The molecule has 1 aliphatic rings. The van der Waals surface area contributed by atoms with Gasteiger partial charge in [-0.05, 0) is 42.4 Å². The molecule has 3 amide bonds. The number of unbranched alkanes of at least 4 members (excludes halogenated alkanes) is 1. The molecule has 1 fully saturated rings. The van der Waals surface area contributed by atoms with Crippen LogP contribution in [0.3, 0.4) is 0 Å². The summed E-state index contributed by atoms with van der Waals surface area (Å²) in [6.07, 6.45) is 3.74. The maximum Gasteiger partial charge on any atom is 0.434 e. The molecule has 1 aliphatic heterocycles. The van der Waals surface area contributed by atoms with E-state index in [0.29, 0.717) is 72.4 Å². The van der Waals surface area contributed by atoms with Crippen molar-refractivity contribution in [2.75, 3.05) is 92.8 Å². The molecule has 0 atom stereocenters. The molecular weight excluding hydrogens is 594 g/mol. The van der Waals surface area contributed by atoms with Gasteiger partial charge >= 0.3 is 6.09 Å². The summed E-state index contributed by atoms with van der Waals surface area (Å²) in [7, 11) is 1.63. The van der Waals surface area contributed by atoms with Crippen LogP contribution in [-0.4, -0.2) is 120 Å². The van der Waals surface area contributed by atoms with E-state index in [1.807, 2.05) is 30.3 Å². The Morgan fingerprint density at radius 3 is 1.72 bits per heavy atom. The van der Waals surface area contributed by atoms with Crippen molar-refractivity contribution in [1.29, 1.82) is 0 Å². The molecule has 3 rings (SSSR count). The highest BCUT2D eigenvalue weighted by atomic mass is 16.7. The van der Waals surface area contributed by atoms with Gasteiger partial charge in [-0.2, -0.15) is 5.48 Å². The second-order valence-corrected chi connectivity index (χ2v) is 10.8. The van der Waals surface area contributed by atoms with Crippen molar-refractivity contribution in [2.24, 2.45) is 0 Å². The van der Waals surface area contributed by atoms with Crippen molar-refractivity contribution in [2.45, 2.75) is 32.1 Å². The number of hydroxylamine groups is 1. The van der Waals surface area contributed by atoms with Gasteiger partial charge in [0.15, 0.2) is 0 Å². The number of hydrogen-bond donors (Lipinski definition) is 1. The lowest BCUT2D eigenvalue weighted by atomic mass is 10.0. The zero-order valence-electron chi connectivity index (χ0n) is 27.0. The second-order valence-electron chi connectivity index (χ2n) is 10.8. The average Bonchev–Trinajstić information content (AvgIpc) is 3.09.